The molecule has 1 fully saturated rings. The quantitative estimate of drug-likeness (QED) is 0.646. The van der Waals surface area contributed by atoms with E-state index in [1.165, 1.54) is 6.33 Å². The molecule has 0 aliphatic carbocycles. The normalized spacial score (nSPS) is 17.9. The van der Waals surface area contributed by atoms with Crippen LogP contribution in [-0.2, 0) is 0 Å². The van der Waals surface area contributed by atoms with Crippen LogP contribution >= 0.6 is 12.2 Å². The molecule has 1 atom stereocenters. The molecule has 1 aliphatic rings. The Balaban J connectivity index is 2.06. The smallest absolute Gasteiger partial charge is 0.276 e. The fourth-order valence-electron chi connectivity index (χ4n) is 2.54. The van der Waals surface area contributed by atoms with E-state index in [1.54, 1.807) is 0 Å². The first-order valence-electron chi connectivity index (χ1n) is 6.66. The van der Waals surface area contributed by atoms with Gasteiger partial charge in [0.25, 0.3) is 5.56 Å². The number of nitrogens with zero attached hydrogens (tertiary/aromatic N) is 3. The minimum absolute atomic E-state index is 0.136. The van der Waals surface area contributed by atoms with E-state index in [2.05, 4.69) is 21.8 Å². The molecule has 1 aliphatic heterocycles. The molecule has 0 spiro atoms. The summed E-state index contributed by atoms with van der Waals surface area (Å²) in [5, 5.41) is 0. The summed E-state index contributed by atoms with van der Waals surface area (Å²) < 4.78 is 0. The van der Waals surface area contributed by atoms with Crippen LogP contribution in [0.4, 0.5) is 11.5 Å². The maximum absolute atomic E-state index is 11.5. The molecule has 20 heavy (non-hydrogen) atoms. The fourth-order valence-corrected chi connectivity index (χ4v) is 2.85. The van der Waals surface area contributed by atoms with Crippen molar-refractivity contribution in [1.29, 1.82) is 0 Å². The van der Waals surface area contributed by atoms with Gasteiger partial charge in [-0.25, -0.2) is 4.98 Å². The number of piperazine rings is 1. The van der Waals surface area contributed by atoms with Crippen molar-refractivity contribution >= 4 is 28.7 Å². The molecule has 0 amide bonds. The monoisotopic (exact) mass is 296 g/mol. The Hall–Kier alpha value is -1.67. The lowest BCUT2D eigenvalue weighted by Crippen LogP contribution is -2.54. The van der Waals surface area contributed by atoms with E-state index in [9.17, 15) is 4.79 Å². The van der Waals surface area contributed by atoms with Crippen LogP contribution in [-0.4, -0.2) is 52.1 Å². The summed E-state index contributed by atoms with van der Waals surface area (Å²) in [7, 11) is 0. The van der Waals surface area contributed by atoms with Gasteiger partial charge in [-0.05, 0) is 6.42 Å². The summed E-state index contributed by atoms with van der Waals surface area (Å²) in [5.41, 5.74) is 11.4. The molecule has 7 nitrogen and oxygen atoms in total. The predicted octanol–water partition coefficient (Wildman–Crippen LogP) is -0.461. The number of nitrogens with one attached hydrogen (secondary N) is 1. The number of H-pyrrole nitrogens is 1. The van der Waals surface area contributed by atoms with Gasteiger partial charge in [-0.3, -0.25) is 9.69 Å². The van der Waals surface area contributed by atoms with Crippen LogP contribution in [0, 0.1) is 0 Å². The number of anilines is 2. The summed E-state index contributed by atoms with van der Waals surface area (Å²) >= 11 is 5.10. The van der Waals surface area contributed by atoms with Gasteiger partial charge in [0.1, 0.15) is 5.69 Å². The number of hydrogen-bond donors (Lipinski definition) is 3. The van der Waals surface area contributed by atoms with Gasteiger partial charge in [-0.15, -0.1) is 0 Å². The maximum atomic E-state index is 11.5. The third-order valence-electron chi connectivity index (χ3n) is 3.64. The van der Waals surface area contributed by atoms with Gasteiger partial charge >= 0.3 is 0 Å². The van der Waals surface area contributed by atoms with Crippen LogP contribution < -0.4 is 21.9 Å². The van der Waals surface area contributed by atoms with Gasteiger partial charge in [-0.1, -0.05) is 19.1 Å². The molecule has 8 heteroatoms. The second-order valence-electron chi connectivity index (χ2n) is 4.82. The number of nitrogens with two attached hydrogens (primary N) is 2. The number of nitrogen functional groups attached to an aromatic ring is 1. The van der Waals surface area contributed by atoms with Crippen molar-refractivity contribution in [3.8, 4) is 0 Å². The molecule has 2 heterocycles. The lowest BCUT2D eigenvalue weighted by atomic mass is 10.1. The number of thiocarbonyl (C=S) groups is 1. The van der Waals surface area contributed by atoms with Crippen molar-refractivity contribution in [3.63, 3.8) is 0 Å². The van der Waals surface area contributed by atoms with Crippen LogP contribution in [0.1, 0.15) is 13.3 Å². The van der Waals surface area contributed by atoms with Crippen molar-refractivity contribution in [1.82, 2.24) is 14.9 Å². The first-order chi connectivity index (χ1) is 9.54. The topological polar surface area (TPSA) is 104 Å². The third-order valence-corrected chi connectivity index (χ3v) is 3.91. The molecule has 0 bridgehead atoms. The van der Waals surface area contributed by atoms with E-state index in [0.29, 0.717) is 10.8 Å². The first kappa shape index (κ1) is 14.7. The summed E-state index contributed by atoms with van der Waals surface area (Å²) in [5.74, 6) is 0.553. The molecule has 1 unspecified atom stereocenters. The van der Waals surface area contributed by atoms with Gasteiger partial charge in [0, 0.05) is 26.2 Å². The Morgan fingerprint density at radius 2 is 2.15 bits per heavy atom. The van der Waals surface area contributed by atoms with E-state index in [1.807, 2.05) is 4.90 Å². The molecule has 5 N–H and O–H groups in total. The van der Waals surface area contributed by atoms with Crippen LogP contribution in [0.15, 0.2) is 11.1 Å². The van der Waals surface area contributed by atoms with E-state index in [-0.39, 0.29) is 17.3 Å². The van der Waals surface area contributed by atoms with Crippen LogP contribution in [0.5, 0.6) is 0 Å². The molecular formula is C12H20N6OS. The van der Waals surface area contributed by atoms with E-state index >= 15 is 0 Å². The van der Waals surface area contributed by atoms with Gasteiger partial charge in [0.15, 0.2) is 5.82 Å². The molecule has 110 valence electrons. The average molecular weight is 296 g/mol. The Morgan fingerprint density at radius 1 is 1.50 bits per heavy atom. The minimum Gasteiger partial charge on any atom is -0.392 e. The highest BCUT2D eigenvalue weighted by Crippen LogP contribution is 2.18. The second kappa shape index (κ2) is 6.19. The largest absolute Gasteiger partial charge is 0.392 e. The lowest BCUT2D eigenvalue weighted by Gasteiger charge is -2.39. The molecule has 2 rings (SSSR count). The van der Waals surface area contributed by atoms with Crippen molar-refractivity contribution in [2.75, 3.05) is 36.8 Å². The van der Waals surface area contributed by atoms with Crippen molar-refractivity contribution in [2.45, 2.75) is 19.4 Å². The number of aromatic amines is 1. The van der Waals surface area contributed by atoms with Crippen LogP contribution in [0.25, 0.3) is 0 Å². The summed E-state index contributed by atoms with van der Waals surface area (Å²) in [4.78, 5) is 23.0. The SMILES string of the molecule is CCC(C(N)=S)N1CCN(c2nc[nH]c(=O)c2N)CC1. The highest BCUT2D eigenvalue weighted by atomic mass is 32.1. The predicted molar refractivity (Wildman–Crippen MR) is 83.9 cm³/mol. The van der Waals surface area contributed by atoms with Crippen molar-refractivity contribution in [3.05, 3.63) is 16.7 Å². The molecule has 0 radical (unpaired) electrons. The number of rotatable bonds is 4. The van der Waals surface area contributed by atoms with Crippen molar-refractivity contribution < 1.29 is 0 Å². The molecule has 0 aromatic carbocycles. The van der Waals surface area contributed by atoms with Gasteiger partial charge in [-0.2, -0.15) is 0 Å². The van der Waals surface area contributed by atoms with E-state index in [4.69, 9.17) is 23.7 Å². The Morgan fingerprint density at radius 3 is 2.70 bits per heavy atom. The summed E-state index contributed by atoms with van der Waals surface area (Å²) in [6, 6.07) is 0.136. The fraction of sp³-hybridized carbons (Fsp3) is 0.583. The molecule has 1 aromatic rings. The number of aromatic nitrogens is 2. The average Bonchev–Trinajstić information content (AvgIpc) is 2.43. The Bertz CT molecular complexity index is 537. The van der Waals surface area contributed by atoms with E-state index in [0.717, 1.165) is 32.6 Å². The first-order valence-corrected chi connectivity index (χ1v) is 7.07. The second-order valence-corrected chi connectivity index (χ2v) is 5.29. The molecule has 0 saturated carbocycles. The highest BCUT2D eigenvalue weighted by Gasteiger charge is 2.26. The molecule has 1 saturated heterocycles. The standard InChI is InChI=1S/C12H20N6OS/c1-2-8(10(14)20)17-3-5-18(6-4-17)11-9(13)12(19)16-7-15-11/h7-8H,2-6,13H2,1H3,(H2,14,20)(H,15,16,19). The molecular weight excluding hydrogens is 276 g/mol. The van der Waals surface area contributed by atoms with E-state index < -0.39 is 0 Å². The zero-order valence-electron chi connectivity index (χ0n) is 11.5. The Labute approximate surface area is 123 Å². The molecule has 1 aromatic heterocycles. The van der Waals surface area contributed by atoms with Crippen LogP contribution in [0.2, 0.25) is 0 Å². The minimum atomic E-state index is -0.299. The number of hydrogen-bond acceptors (Lipinski definition) is 6. The summed E-state index contributed by atoms with van der Waals surface area (Å²) in [6.45, 7) is 5.22. The third kappa shape index (κ3) is 2.91. The van der Waals surface area contributed by atoms with Gasteiger partial charge < -0.3 is 21.4 Å². The zero-order valence-corrected chi connectivity index (χ0v) is 12.3. The maximum Gasteiger partial charge on any atom is 0.276 e. The van der Waals surface area contributed by atoms with Gasteiger partial charge in [0.05, 0.1) is 17.4 Å². The van der Waals surface area contributed by atoms with Crippen molar-refractivity contribution in [2.24, 2.45) is 5.73 Å². The van der Waals surface area contributed by atoms with Gasteiger partial charge in [0.2, 0.25) is 0 Å². The zero-order chi connectivity index (χ0) is 14.7. The lowest BCUT2D eigenvalue weighted by molar-refractivity contribution is 0.224. The Kier molecular flexibility index (Phi) is 4.56. The van der Waals surface area contributed by atoms with Crippen LogP contribution in [0.3, 0.4) is 0 Å². The highest BCUT2D eigenvalue weighted by molar-refractivity contribution is 7.80. The summed E-state index contributed by atoms with van der Waals surface area (Å²) in [6.07, 6.45) is 2.28.